The van der Waals surface area contributed by atoms with E-state index in [4.69, 9.17) is 34.8 Å². The molecule has 0 spiro atoms. The molecule has 0 bridgehead atoms. The maximum atomic E-state index is 6.15. The van der Waals surface area contributed by atoms with Crippen molar-refractivity contribution >= 4 is 45.8 Å². The third-order valence-electron chi connectivity index (χ3n) is 3.72. The fourth-order valence-electron chi connectivity index (χ4n) is 2.48. The van der Waals surface area contributed by atoms with E-state index in [1.807, 2.05) is 12.1 Å². The van der Waals surface area contributed by atoms with Gasteiger partial charge in [-0.3, -0.25) is 0 Å². The van der Waals surface area contributed by atoms with Gasteiger partial charge in [-0.1, -0.05) is 37.0 Å². The maximum Gasteiger partial charge on any atom is 0.111 e. The summed E-state index contributed by atoms with van der Waals surface area (Å²) in [5.41, 5.74) is 1.90. The smallest absolute Gasteiger partial charge is 0.111 e. The van der Waals surface area contributed by atoms with Crippen LogP contribution in [0.2, 0.25) is 10.0 Å². The molecule has 1 heterocycles. The van der Waals surface area contributed by atoms with E-state index in [-0.39, 0.29) is 0 Å². The van der Waals surface area contributed by atoms with Gasteiger partial charge in [0.2, 0.25) is 0 Å². The predicted octanol–water partition coefficient (Wildman–Crippen LogP) is 4.47. The predicted molar refractivity (Wildman–Crippen MR) is 92.0 cm³/mol. The number of rotatable bonds is 7. The fourth-order valence-corrected chi connectivity index (χ4v) is 2.96. The molecular formula is C15H20Cl3N3. The monoisotopic (exact) mass is 347 g/mol. The lowest BCUT2D eigenvalue weighted by Crippen LogP contribution is -2.27. The van der Waals surface area contributed by atoms with Crippen molar-refractivity contribution in [1.82, 2.24) is 14.5 Å². The first kappa shape index (κ1) is 16.9. The zero-order valence-corrected chi connectivity index (χ0v) is 14.6. The van der Waals surface area contributed by atoms with Crippen LogP contribution in [0.5, 0.6) is 0 Å². The van der Waals surface area contributed by atoms with E-state index in [2.05, 4.69) is 28.3 Å². The Labute approximate surface area is 140 Å². The number of nitrogens with zero attached hydrogens (tertiary/aromatic N) is 3. The minimum absolute atomic E-state index is 0.537. The number of halogens is 3. The minimum Gasteiger partial charge on any atom is -0.327 e. The van der Waals surface area contributed by atoms with Gasteiger partial charge in [0.1, 0.15) is 5.82 Å². The number of hydrogen-bond acceptors (Lipinski definition) is 2. The van der Waals surface area contributed by atoms with Crippen LogP contribution in [0.25, 0.3) is 11.0 Å². The molecule has 0 N–H and O–H groups in total. The molecule has 6 heteroatoms. The summed E-state index contributed by atoms with van der Waals surface area (Å²) >= 11 is 18.1. The molecule has 0 amide bonds. The van der Waals surface area contributed by atoms with Crippen molar-refractivity contribution in [2.45, 2.75) is 26.8 Å². The second-order valence-corrected chi connectivity index (χ2v) is 6.09. The Bertz CT molecular complexity index is 606. The second-order valence-electron chi connectivity index (χ2n) is 4.90. The summed E-state index contributed by atoms with van der Waals surface area (Å²) in [6.07, 6.45) is 0.740. The van der Waals surface area contributed by atoms with Gasteiger partial charge in [-0.2, -0.15) is 0 Å². The third kappa shape index (κ3) is 3.84. The average molecular weight is 349 g/mol. The van der Waals surface area contributed by atoms with Crippen LogP contribution in [-0.2, 0) is 13.0 Å². The van der Waals surface area contributed by atoms with Gasteiger partial charge < -0.3 is 9.47 Å². The molecule has 0 radical (unpaired) electrons. The number of alkyl halides is 1. The van der Waals surface area contributed by atoms with E-state index in [0.29, 0.717) is 15.9 Å². The average Bonchev–Trinajstić information content (AvgIpc) is 2.78. The summed E-state index contributed by atoms with van der Waals surface area (Å²) in [6.45, 7) is 8.29. The Balaban J connectivity index is 2.38. The van der Waals surface area contributed by atoms with Crippen LogP contribution in [0, 0.1) is 0 Å². The largest absolute Gasteiger partial charge is 0.327 e. The number of aryl methyl sites for hydroxylation is 1. The molecule has 0 aliphatic heterocycles. The van der Waals surface area contributed by atoms with Crippen LogP contribution in [0.1, 0.15) is 19.7 Å². The molecule has 3 nitrogen and oxygen atoms in total. The number of benzene rings is 1. The minimum atomic E-state index is 0.537. The summed E-state index contributed by atoms with van der Waals surface area (Å²) in [6, 6.07) is 3.72. The van der Waals surface area contributed by atoms with Crippen molar-refractivity contribution in [2.24, 2.45) is 0 Å². The lowest BCUT2D eigenvalue weighted by Gasteiger charge is -2.19. The molecule has 116 valence electrons. The van der Waals surface area contributed by atoms with E-state index in [9.17, 15) is 0 Å². The van der Waals surface area contributed by atoms with Crippen LogP contribution in [0.3, 0.4) is 0 Å². The summed E-state index contributed by atoms with van der Waals surface area (Å²) in [5, 5.41) is 1.10. The maximum absolute atomic E-state index is 6.15. The quantitative estimate of drug-likeness (QED) is 0.689. The fraction of sp³-hybridized carbons (Fsp3) is 0.533. The van der Waals surface area contributed by atoms with Gasteiger partial charge >= 0.3 is 0 Å². The number of fused-ring (bicyclic) bond motifs is 1. The Morgan fingerprint density at radius 3 is 2.43 bits per heavy atom. The number of imidazole rings is 1. The van der Waals surface area contributed by atoms with E-state index in [1.165, 1.54) is 0 Å². The molecule has 0 saturated heterocycles. The molecule has 0 aliphatic rings. The van der Waals surface area contributed by atoms with Crippen molar-refractivity contribution < 1.29 is 0 Å². The standard InChI is InChI=1S/C15H20Cl3N3/c1-3-20(4-2)7-8-21-14-10-12(18)11(17)9-13(14)19-15(21)5-6-16/h9-10H,3-8H2,1-2H3. The van der Waals surface area contributed by atoms with Crippen LogP contribution in [0.15, 0.2) is 12.1 Å². The Kier molecular flexibility index (Phi) is 6.18. The van der Waals surface area contributed by atoms with Crippen molar-refractivity contribution in [3.63, 3.8) is 0 Å². The normalized spacial score (nSPS) is 11.7. The van der Waals surface area contributed by atoms with Gasteiger partial charge in [0.05, 0.1) is 21.1 Å². The molecule has 2 rings (SSSR count). The Morgan fingerprint density at radius 2 is 1.81 bits per heavy atom. The van der Waals surface area contributed by atoms with Gasteiger partial charge in [-0.05, 0) is 25.2 Å². The summed E-state index contributed by atoms with van der Waals surface area (Å²) in [7, 11) is 0. The highest BCUT2D eigenvalue weighted by molar-refractivity contribution is 6.42. The molecule has 0 saturated carbocycles. The van der Waals surface area contributed by atoms with Crippen molar-refractivity contribution in [3.8, 4) is 0 Å². The zero-order valence-electron chi connectivity index (χ0n) is 12.4. The van der Waals surface area contributed by atoms with E-state index >= 15 is 0 Å². The van der Waals surface area contributed by atoms with Crippen LogP contribution >= 0.6 is 34.8 Å². The molecular weight excluding hydrogens is 329 g/mol. The first-order chi connectivity index (χ1) is 10.1. The van der Waals surface area contributed by atoms with Crippen molar-refractivity contribution in [2.75, 3.05) is 25.5 Å². The highest BCUT2D eigenvalue weighted by Crippen LogP contribution is 2.28. The van der Waals surface area contributed by atoms with Crippen LogP contribution in [-0.4, -0.2) is 40.0 Å². The van der Waals surface area contributed by atoms with E-state index < -0.39 is 0 Å². The van der Waals surface area contributed by atoms with Crippen LogP contribution in [0.4, 0.5) is 0 Å². The van der Waals surface area contributed by atoms with Gasteiger partial charge in [-0.15, -0.1) is 11.6 Å². The summed E-state index contributed by atoms with van der Waals surface area (Å²) in [4.78, 5) is 7.03. The second kappa shape index (κ2) is 7.68. The lowest BCUT2D eigenvalue weighted by molar-refractivity contribution is 0.290. The molecule has 1 aromatic carbocycles. The number of aromatic nitrogens is 2. The molecule has 0 atom stereocenters. The summed E-state index contributed by atoms with van der Waals surface area (Å²) in [5.74, 6) is 1.54. The highest BCUT2D eigenvalue weighted by atomic mass is 35.5. The molecule has 2 aromatic rings. The zero-order chi connectivity index (χ0) is 15.4. The Hall–Kier alpha value is -0.480. The SMILES string of the molecule is CCN(CC)CCn1c(CCCl)nc2cc(Cl)c(Cl)cc21. The molecule has 0 unspecified atom stereocenters. The van der Waals surface area contributed by atoms with Gasteiger partial charge in [0.15, 0.2) is 0 Å². The first-order valence-electron chi connectivity index (χ1n) is 7.23. The van der Waals surface area contributed by atoms with E-state index in [1.54, 1.807) is 0 Å². The van der Waals surface area contributed by atoms with Gasteiger partial charge in [0.25, 0.3) is 0 Å². The van der Waals surface area contributed by atoms with Gasteiger partial charge in [-0.25, -0.2) is 4.98 Å². The molecule has 1 aromatic heterocycles. The highest BCUT2D eigenvalue weighted by Gasteiger charge is 2.13. The first-order valence-corrected chi connectivity index (χ1v) is 8.52. The molecule has 0 fully saturated rings. The summed E-state index contributed by atoms with van der Waals surface area (Å²) < 4.78 is 2.21. The molecule has 21 heavy (non-hydrogen) atoms. The third-order valence-corrected chi connectivity index (χ3v) is 4.63. The number of likely N-dealkylation sites (N-methyl/N-ethyl adjacent to an activating group) is 1. The van der Waals surface area contributed by atoms with Gasteiger partial charge in [0, 0.05) is 25.4 Å². The van der Waals surface area contributed by atoms with Crippen molar-refractivity contribution in [3.05, 3.63) is 28.0 Å². The number of hydrogen-bond donors (Lipinski definition) is 0. The Morgan fingerprint density at radius 1 is 1.14 bits per heavy atom. The van der Waals surface area contributed by atoms with E-state index in [0.717, 1.165) is 49.5 Å². The lowest BCUT2D eigenvalue weighted by atomic mass is 10.3. The topological polar surface area (TPSA) is 21.1 Å². The van der Waals surface area contributed by atoms with Crippen molar-refractivity contribution in [1.29, 1.82) is 0 Å². The molecule has 0 aliphatic carbocycles. The van der Waals surface area contributed by atoms with Crippen LogP contribution < -0.4 is 0 Å².